The Kier molecular flexibility index (Phi) is 4.67. The molecule has 0 saturated carbocycles. The number of phenolic OH excluding ortho intramolecular Hbond substituents is 1. The topological polar surface area (TPSA) is 49.8 Å². The third-order valence-corrected chi connectivity index (χ3v) is 4.57. The Balaban J connectivity index is 2.13. The molecule has 1 atom stereocenters. The maximum Gasteiger partial charge on any atom is 0.242 e. The molecule has 1 aromatic carbocycles. The van der Waals surface area contributed by atoms with Crippen LogP contribution in [-0.2, 0) is 11.2 Å². The first-order valence-electron chi connectivity index (χ1n) is 6.05. The van der Waals surface area contributed by atoms with Gasteiger partial charge in [-0.15, -0.1) is 6.58 Å². The second-order valence-electron chi connectivity index (χ2n) is 4.32. The monoisotopic (exact) mass is 309 g/mol. The van der Waals surface area contributed by atoms with E-state index in [1.165, 1.54) is 18.9 Å². The fourth-order valence-corrected chi connectivity index (χ4v) is 3.54. The normalized spacial score (nSPS) is 18.4. The molecule has 0 aliphatic carbocycles. The number of thiocarbonyl (C=S) groups is 1. The average Bonchev–Trinajstić information content (AvgIpc) is 2.69. The molecule has 6 heteroatoms. The van der Waals surface area contributed by atoms with E-state index in [0.29, 0.717) is 23.0 Å². The van der Waals surface area contributed by atoms with Crippen molar-refractivity contribution in [2.24, 2.45) is 0 Å². The lowest BCUT2D eigenvalue weighted by Crippen LogP contribution is -2.32. The molecular weight excluding hydrogens is 294 g/mol. The molecule has 1 aliphatic heterocycles. The van der Waals surface area contributed by atoms with Gasteiger partial charge in [-0.2, -0.15) is 0 Å². The number of aromatic hydroxyl groups is 1. The van der Waals surface area contributed by atoms with Crippen LogP contribution < -0.4 is 4.74 Å². The molecule has 1 unspecified atom stereocenters. The zero-order valence-electron chi connectivity index (χ0n) is 11.0. The Morgan fingerprint density at radius 3 is 3.00 bits per heavy atom. The van der Waals surface area contributed by atoms with Gasteiger partial charge in [0, 0.05) is 6.54 Å². The SMILES string of the molecule is C=CCN1C(=O)C(Cc2ccc(O)c(OC)c2)SC1=S. The highest BCUT2D eigenvalue weighted by Crippen LogP contribution is 2.32. The summed E-state index contributed by atoms with van der Waals surface area (Å²) in [6, 6.07) is 5.09. The number of amides is 1. The first-order valence-corrected chi connectivity index (χ1v) is 7.34. The first kappa shape index (κ1) is 14.9. The molecule has 1 fully saturated rings. The zero-order valence-corrected chi connectivity index (χ0v) is 12.7. The second-order valence-corrected chi connectivity index (χ2v) is 6.16. The lowest BCUT2D eigenvalue weighted by atomic mass is 10.1. The Labute approximate surface area is 127 Å². The van der Waals surface area contributed by atoms with Gasteiger partial charge in [-0.25, -0.2) is 0 Å². The molecule has 106 valence electrons. The quantitative estimate of drug-likeness (QED) is 0.668. The van der Waals surface area contributed by atoms with Crippen molar-refractivity contribution in [2.75, 3.05) is 13.7 Å². The summed E-state index contributed by atoms with van der Waals surface area (Å²) in [5, 5.41) is 9.34. The van der Waals surface area contributed by atoms with E-state index in [1.807, 2.05) is 0 Å². The van der Waals surface area contributed by atoms with E-state index >= 15 is 0 Å². The molecule has 1 aromatic rings. The summed E-state index contributed by atoms with van der Waals surface area (Å²) in [5.74, 6) is 0.501. The molecule has 0 aromatic heterocycles. The van der Waals surface area contributed by atoms with Crippen LogP contribution in [0.2, 0.25) is 0 Å². The zero-order chi connectivity index (χ0) is 14.7. The van der Waals surface area contributed by atoms with Crippen LogP contribution in [0.25, 0.3) is 0 Å². The number of methoxy groups -OCH3 is 1. The summed E-state index contributed by atoms with van der Waals surface area (Å²) in [6.45, 7) is 4.07. The van der Waals surface area contributed by atoms with Gasteiger partial charge in [0.1, 0.15) is 4.32 Å². The highest BCUT2D eigenvalue weighted by molar-refractivity contribution is 8.24. The molecule has 20 heavy (non-hydrogen) atoms. The number of rotatable bonds is 5. The number of phenols is 1. The minimum absolute atomic E-state index is 0.00643. The van der Waals surface area contributed by atoms with Gasteiger partial charge < -0.3 is 9.84 Å². The van der Waals surface area contributed by atoms with Gasteiger partial charge in [0.2, 0.25) is 5.91 Å². The summed E-state index contributed by atoms with van der Waals surface area (Å²) in [7, 11) is 1.50. The molecule has 1 saturated heterocycles. The van der Waals surface area contributed by atoms with Crippen molar-refractivity contribution >= 4 is 34.2 Å². The molecule has 4 nitrogen and oxygen atoms in total. The number of carbonyl (C=O) groups is 1. The summed E-state index contributed by atoms with van der Waals surface area (Å²) < 4.78 is 5.66. The van der Waals surface area contributed by atoms with Gasteiger partial charge in [0.05, 0.1) is 12.4 Å². The predicted octanol–water partition coefficient (Wildman–Crippen LogP) is 2.36. The largest absolute Gasteiger partial charge is 0.504 e. The van der Waals surface area contributed by atoms with Gasteiger partial charge in [-0.3, -0.25) is 9.69 Å². The highest BCUT2D eigenvalue weighted by atomic mass is 32.2. The fourth-order valence-electron chi connectivity index (χ4n) is 1.99. The number of thioether (sulfide) groups is 1. The van der Waals surface area contributed by atoms with Crippen LogP contribution in [0.3, 0.4) is 0 Å². The van der Waals surface area contributed by atoms with Crippen molar-refractivity contribution in [2.45, 2.75) is 11.7 Å². The van der Waals surface area contributed by atoms with Crippen molar-refractivity contribution in [3.8, 4) is 11.5 Å². The number of hydrogen-bond acceptors (Lipinski definition) is 5. The molecule has 1 aliphatic rings. The minimum Gasteiger partial charge on any atom is -0.504 e. The van der Waals surface area contributed by atoms with Gasteiger partial charge in [0.15, 0.2) is 11.5 Å². The second kappa shape index (κ2) is 6.28. The van der Waals surface area contributed by atoms with E-state index in [-0.39, 0.29) is 16.9 Å². The van der Waals surface area contributed by atoms with E-state index in [0.717, 1.165) is 5.56 Å². The van der Waals surface area contributed by atoms with Gasteiger partial charge in [-0.05, 0) is 24.1 Å². The number of ether oxygens (including phenoxy) is 1. The highest BCUT2D eigenvalue weighted by Gasteiger charge is 2.36. The number of benzene rings is 1. The van der Waals surface area contributed by atoms with Gasteiger partial charge in [0.25, 0.3) is 0 Å². The van der Waals surface area contributed by atoms with Crippen molar-refractivity contribution in [1.82, 2.24) is 4.90 Å². The van der Waals surface area contributed by atoms with E-state index in [9.17, 15) is 9.90 Å². The van der Waals surface area contributed by atoms with Crippen LogP contribution in [0, 0.1) is 0 Å². The lowest BCUT2D eigenvalue weighted by molar-refractivity contribution is -0.125. The molecule has 1 amide bonds. The van der Waals surface area contributed by atoms with Crippen LogP contribution in [0.4, 0.5) is 0 Å². The third kappa shape index (κ3) is 2.96. The summed E-state index contributed by atoms with van der Waals surface area (Å²) >= 11 is 6.59. The van der Waals surface area contributed by atoms with Crippen LogP contribution in [0.5, 0.6) is 11.5 Å². The van der Waals surface area contributed by atoms with Crippen LogP contribution in [-0.4, -0.2) is 39.1 Å². The van der Waals surface area contributed by atoms with Gasteiger partial charge >= 0.3 is 0 Å². The van der Waals surface area contributed by atoms with E-state index < -0.39 is 0 Å². The first-order chi connectivity index (χ1) is 9.56. The Hall–Kier alpha value is -1.53. The van der Waals surface area contributed by atoms with Crippen molar-refractivity contribution in [3.63, 3.8) is 0 Å². The summed E-state index contributed by atoms with van der Waals surface area (Å²) in [6.07, 6.45) is 2.21. The van der Waals surface area contributed by atoms with Gasteiger partial charge in [-0.1, -0.05) is 36.1 Å². The standard InChI is InChI=1S/C14H15NO3S2/c1-3-6-15-13(17)12(20-14(15)19)8-9-4-5-10(16)11(7-9)18-2/h3-5,7,12,16H,1,6,8H2,2H3. The molecule has 0 radical (unpaired) electrons. The average molecular weight is 309 g/mol. The van der Waals surface area contributed by atoms with Crippen LogP contribution >= 0.6 is 24.0 Å². The molecule has 0 spiro atoms. The third-order valence-electron chi connectivity index (χ3n) is 2.98. The smallest absolute Gasteiger partial charge is 0.242 e. The number of hydrogen-bond donors (Lipinski definition) is 1. The maximum atomic E-state index is 12.2. The molecule has 2 rings (SSSR count). The van der Waals surface area contributed by atoms with E-state index in [1.54, 1.807) is 29.2 Å². The minimum atomic E-state index is -0.225. The Morgan fingerprint density at radius 2 is 2.35 bits per heavy atom. The van der Waals surface area contributed by atoms with Crippen molar-refractivity contribution < 1.29 is 14.6 Å². The van der Waals surface area contributed by atoms with E-state index in [4.69, 9.17) is 17.0 Å². The van der Waals surface area contributed by atoms with Crippen molar-refractivity contribution in [1.29, 1.82) is 0 Å². The number of nitrogens with zero attached hydrogens (tertiary/aromatic N) is 1. The lowest BCUT2D eigenvalue weighted by Gasteiger charge is -2.13. The van der Waals surface area contributed by atoms with Crippen LogP contribution in [0.15, 0.2) is 30.9 Å². The molecule has 0 bridgehead atoms. The van der Waals surface area contributed by atoms with E-state index in [2.05, 4.69) is 6.58 Å². The predicted molar refractivity (Wildman–Crippen MR) is 84.2 cm³/mol. The Bertz CT molecular complexity index is 559. The summed E-state index contributed by atoms with van der Waals surface area (Å²) in [4.78, 5) is 13.8. The molecular formula is C14H15NO3S2. The molecule has 1 N–H and O–H groups in total. The van der Waals surface area contributed by atoms with Crippen LogP contribution in [0.1, 0.15) is 5.56 Å². The van der Waals surface area contributed by atoms with Crippen molar-refractivity contribution in [3.05, 3.63) is 36.4 Å². The number of carbonyl (C=O) groups excluding carboxylic acids is 1. The maximum absolute atomic E-state index is 12.2. The molecule has 1 heterocycles. The summed E-state index contributed by atoms with van der Waals surface area (Å²) in [5.41, 5.74) is 0.925. The fraction of sp³-hybridized carbons (Fsp3) is 0.286. The Morgan fingerprint density at radius 1 is 1.60 bits per heavy atom.